The second-order valence-corrected chi connectivity index (χ2v) is 9.31. The Morgan fingerprint density at radius 3 is 2.71 bits per heavy atom. The molecule has 2 aliphatic heterocycles. The Morgan fingerprint density at radius 2 is 1.94 bits per heavy atom. The van der Waals surface area contributed by atoms with E-state index in [1.54, 1.807) is 48.2 Å². The Hall–Kier alpha value is -2.52. The van der Waals surface area contributed by atoms with Crippen molar-refractivity contribution >= 4 is 46.4 Å². The van der Waals surface area contributed by atoms with Crippen molar-refractivity contribution in [3.8, 4) is 11.5 Å². The molecule has 0 spiro atoms. The standard InChI is InChI=1S/C25H29Cl2N3O5/c1-17-25(32)30(9-8-29-10-13-33-14-11-29)21-16-19(5-7-23(21)35-17)28-24(31)3-2-12-34-22-6-4-18(26)15-20(22)27/h4-7,15-17H,2-3,8-14H2,1H3,(H,28,31). The number of nitrogens with one attached hydrogen (secondary N) is 1. The van der Waals surface area contributed by atoms with Crippen molar-refractivity contribution in [3.63, 3.8) is 0 Å². The Bertz CT molecular complexity index is 1060. The zero-order chi connectivity index (χ0) is 24.8. The zero-order valence-corrected chi connectivity index (χ0v) is 21.1. The predicted molar refractivity (Wildman–Crippen MR) is 136 cm³/mol. The smallest absolute Gasteiger partial charge is 0.267 e. The van der Waals surface area contributed by atoms with Crippen molar-refractivity contribution in [2.45, 2.75) is 25.9 Å². The predicted octanol–water partition coefficient (Wildman–Crippen LogP) is 4.24. The Morgan fingerprint density at radius 1 is 1.14 bits per heavy atom. The van der Waals surface area contributed by atoms with Crippen molar-refractivity contribution in [1.29, 1.82) is 0 Å². The first-order chi connectivity index (χ1) is 16.9. The van der Waals surface area contributed by atoms with Gasteiger partial charge in [0.1, 0.15) is 11.5 Å². The third-order valence-electron chi connectivity index (χ3n) is 5.89. The summed E-state index contributed by atoms with van der Waals surface area (Å²) in [5, 5.41) is 3.87. The number of fused-ring (bicyclic) bond motifs is 1. The molecule has 1 saturated heterocycles. The largest absolute Gasteiger partial charge is 0.492 e. The summed E-state index contributed by atoms with van der Waals surface area (Å²) in [6.45, 7) is 6.50. The highest BCUT2D eigenvalue weighted by molar-refractivity contribution is 6.35. The van der Waals surface area contributed by atoms with E-state index >= 15 is 0 Å². The molecule has 2 heterocycles. The fourth-order valence-electron chi connectivity index (χ4n) is 4.01. The molecule has 1 fully saturated rings. The average Bonchev–Trinajstić information content (AvgIpc) is 2.84. The molecular formula is C25H29Cl2N3O5. The molecule has 0 aliphatic carbocycles. The average molecular weight is 522 g/mol. The van der Waals surface area contributed by atoms with Gasteiger partial charge in [-0.2, -0.15) is 0 Å². The highest BCUT2D eigenvalue weighted by Crippen LogP contribution is 2.36. The van der Waals surface area contributed by atoms with Gasteiger partial charge in [-0.05, 0) is 49.7 Å². The minimum Gasteiger partial charge on any atom is -0.492 e. The summed E-state index contributed by atoms with van der Waals surface area (Å²) in [6.07, 6.45) is 0.234. The topological polar surface area (TPSA) is 80.3 Å². The van der Waals surface area contributed by atoms with E-state index in [1.165, 1.54) is 0 Å². The van der Waals surface area contributed by atoms with Crippen LogP contribution in [0, 0.1) is 0 Å². The second-order valence-electron chi connectivity index (χ2n) is 8.46. The van der Waals surface area contributed by atoms with E-state index in [4.69, 9.17) is 37.4 Å². The van der Waals surface area contributed by atoms with E-state index in [2.05, 4.69) is 10.2 Å². The lowest BCUT2D eigenvalue weighted by molar-refractivity contribution is -0.125. The molecule has 0 aromatic heterocycles. The molecule has 2 aromatic carbocycles. The molecule has 188 valence electrons. The van der Waals surface area contributed by atoms with Gasteiger partial charge < -0.3 is 24.4 Å². The highest BCUT2D eigenvalue weighted by Gasteiger charge is 2.32. The molecule has 10 heteroatoms. The normalized spacial score (nSPS) is 18.1. The maximum atomic E-state index is 12.9. The molecule has 0 saturated carbocycles. The number of benzene rings is 2. The summed E-state index contributed by atoms with van der Waals surface area (Å²) in [5.41, 5.74) is 1.28. The van der Waals surface area contributed by atoms with Crippen molar-refractivity contribution in [1.82, 2.24) is 4.90 Å². The van der Waals surface area contributed by atoms with Gasteiger partial charge in [0.15, 0.2) is 6.10 Å². The van der Waals surface area contributed by atoms with E-state index in [-0.39, 0.29) is 18.2 Å². The number of carbonyl (C=O) groups excluding carboxylic acids is 2. The molecule has 8 nitrogen and oxygen atoms in total. The molecule has 1 atom stereocenters. The number of ether oxygens (including phenoxy) is 3. The van der Waals surface area contributed by atoms with Crippen molar-refractivity contribution in [2.75, 3.05) is 56.2 Å². The first-order valence-corrected chi connectivity index (χ1v) is 12.5. The monoisotopic (exact) mass is 521 g/mol. The van der Waals surface area contributed by atoms with Crippen LogP contribution >= 0.6 is 23.2 Å². The van der Waals surface area contributed by atoms with E-state index in [0.717, 1.165) is 19.6 Å². The number of anilines is 2. The van der Waals surface area contributed by atoms with Gasteiger partial charge in [-0.3, -0.25) is 14.5 Å². The van der Waals surface area contributed by atoms with Crippen LogP contribution in [-0.4, -0.2) is 68.8 Å². The lowest BCUT2D eigenvalue weighted by Gasteiger charge is -2.35. The van der Waals surface area contributed by atoms with Gasteiger partial charge in [0.25, 0.3) is 5.91 Å². The lowest BCUT2D eigenvalue weighted by Crippen LogP contribution is -2.48. The van der Waals surface area contributed by atoms with Crippen LogP contribution in [0.2, 0.25) is 10.0 Å². The van der Waals surface area contributed by atoms with Crippen LogP contribution < -0.4 is 19.7 Å². The van der Waals surface area contributed by atoms with Crippen LogP contribution in [0.25, 0.3) is 0 Å². The minimum atomic E-state index is -0.554. The quantitative estimate of drug-likeness (QED) is 0.497. The summed E-state index contributed by atoms with van der Waals surface area (Å²) in [7, 11) is 0. The van der Waals surface area contributed by atoms with E-state index in [9.17, 15) is 9.59 Å². The van der Waals surface area contributed by atoms with Crippen LogP contribution in [-0.2, 0) is 14.3 Å². The Labute approximate surface area is 215 Å². The van der Waals surface area contributed by atoms with Gasteiger partial charge in [0.05, 0.1) is 30.5 Å². The van der Waals surface area contributed by atoms with Gasteiger partial charge in [-0.25, -0.2) is 0 Å². The Balaban J connectivity index is 1.32. The van der Waals surface area contributed by atoms with E-state index in [0.29, 0.717) is 65.7 Å². The third kappa shape index (κ3) is 6.79. The van der Waals surface area contributed by atoms with E-state index < -0.39 is 6.10 Å². The Kier molecular flexibility index (Phi) is 8.73. The maximum absolute atomic E-state index is 12.9. The fourth-order valence-corrected chi connectivity index (χ4v) is 4.48. The molecule has 2 aromatic rings. The summed E-state index contributed by atoms with van der Waals surface area (Å²) in [4.78, 5) is 29.4. The number of hydrogen-bond donors (Lipinski definition) is 1. The SMILES string of the molecule is CC1Oc2ccc(NC(=O)CCCOc3ccc(Cl)cc3Cl)cc2N(CCN2CCOCC2)C1=O. The van der Waals surface area contributed by atoms with Crippen molar-refractivity contribution < 1.29 is 23.8 Å². The van der Waals surface area contributed by atoms with Crippen molar-refractivity contribution in [2.24, 2.45) is 0 Å². The van der Waals surface area contributed by atoms with Crippen LogP contribution in [0.15, 0.2) is 36.4 Å². The number of halogens is 2. The second kappa shape index (κ2) is 11.9. The van der Waals surface area contributed by atoms with Crippen LogP contribution in [0.5, 0.6) is 11.5 Å². The summed E-state index contributed by atoms with van der Waals surface area (Å²) in [5.74, 6) is 0.923. The van der Waals surface area contributed by atoms with Crippen LogP contribution in [0.1, 0.15) is 19.8 Å². The molecule has 0 radical (unpaired) electrons. The summed E-state index contributed by atoms with van der Waals surface area (Å²) in [6, 6.07) is 10.4. The molecular weight excluding hydrogens is 493 g/mol. The van der Waals surface area contributed by atoms with Gasteiger partial charge >= 0.3 is 0 Å². The van der Waals surface area contributed by atoms with Gasteiger partial charge in [-0.1, -0.05) is 23.2 Å². The van der Waals surface area contributed by atoms with Crippen LogP contribution in [0.4, 0.5) is 11.4 Å². The minimum absolute atomic E-state index is 0.0905. The highest BCUT2D eigenvalue weighted by atomic mass is 35.5. The molecule has 0 bridgehead atoms. The number of hydrogen-bond acceptors (Lipinski definition) is 6. The summed E-state index contributed by atoms with van der Waals surface area (Å²) >= 11 is 12.0. The number of rotatable bonds is 9. The molecule has 2 amide bonds. The number of carbonyl (C=O) groups is 2. The molecule has 1 N–H and O–H groups in total. The molecule has 4 rings (SSSR count). The molecule has 1 unspecified atom stereocenters. The van der Waals surface area contributed by atoms with Crippen LogP contribution in [0.3, 0.4) is 0 Å². The van der Waals surface area contributed by atoms with Gasteiger partial charge in [0, 0.05) is 43.3 Å². The lowest BCUT2D eigenvalue weighted by atomic mass is 10.1. The first kappa shape index (κ1) is 25.6. The maximum Gasteiger partial charge on any atom is 0.267 e. The summed E-state index contributed by atoms with van der Waals surface area (Å²) < 4.78 is 16.8. The van der Waals surface area contributed by atoms with E-state index in [1.807, 2.05) is 0 Å². The number of nitrogens with zero attached hydrogens (tertiary/aromatic N) is 2. The van der Waals surface area contributed by atoms with Gasteiger partial charge in [0.2, 0.25) is 5.91 Å². The molecule has 35 heavy (non-hydrogen) atoms. The van der Waals surface area contributed by atoms with Gasteiger partial charge in [-0.15, -0.1) is 0 Å². The fraction of sp³-hybridized carbons (Fsp3) is 0.440. The third-order valence-corrected chi connectivity index (χ3v) is 6.42. The number of morpholine rings is 1. The number of amides is 2. The van der Waals surface area contributed by atoms with Crippen molar-refractivity contribution in [3.05, 3.63) is 46.4 Å². The molecule has 2 aliphatic rings. The first-order valence-electron chi connectivity index (χ1n) is 11.7. The zero-order valence-electron chi connectivity index (χ0n) is 19.6.